The van der Waals surface area contributed by atoms with Crippen LogP contribution in [0.5, 0.6) is 0 Å². The number of carbonyl (C=O) groups excluding carboxylic acids is 1. The van der Waals surface area contributed by atoms with Gasteiger partial charge in [-0.25, -0.2) is 8.42 Å². The summed E-state index contributed by atoms with van der Waals surface area (Å²) >= 11 is 0. The van der Waals surface area contributed by atoms with Crippen LogP contribution >= 0.6 is 0 Å². The van der Waals surface area contributed by atoms with Crippen LogP contribution in [0.1, 0.15) is 63.1 Å². The average Bonchev–Trinajstić information content (AvgIpc) is 3.02. The van der Waals surface area contributed by atoms with Gasteiger partial charge in [0.1, 0.15) is 5.58 Å². The van der Waals surface area contributed by atoms with Crippen LogP contribution in [-0.4, -0.2) is 37.8 Å². The van der Waals surface area contributed by atoms with Crippen molar-refractivity contribution < 1.29 is 17.6 Å². The van der Waals surface area contributed by atoms with Crippen LogP contribution in [0.25, 0.3) is 11.0 Å². The quantitative estimate of drug-likeness (QED) is 0.754. The molecule has 1 aromatic heterocycles. The molecule has 0 aliphatic heterocycles. The van der Waals surface area contributed by atoms with E-state index in [4.69, 9.17) is 4.42 Å². The largest absolute Gasteiger partial charge is 0.451 e. The molecule has 6 nitrogen and oxygen atoms in total. The van der Waals surface area contributed by atoms with E-state index in [9.17, 15) is 13.2 Å². The van der Waals surface area contributed by atoms with E-state index in [1.807, 2.05) is 20.8 Å². The first-order chi connectivity index (χ1) is 13.7. The highest BCUT2D eigenvalue weighted by Gasteiger charge is 2.30. The van der Waals surface area contributed by atoms with Crippen molar-refractivity contribution in [3.05, 3.63) is 29.5 Å². The zero-order valence-electron chi connectivity index (χ0n) is 18.0. The summed E-state index contributed by atoms with van der Waals surface area (Å²) in [5.41, 5.74) is 1.20. The van der Waals surface area contributed by atoms with Crippen LogP contribution in [0.4, 0.5) is 0 Å². The molecule has 1 heterocycles. The van der Waals surface area contributed by atoms with E-state index < -0.39 is 10.0 Å². The van der Waals surface area contributed by atoms with Crippen molar-refractivity contribution in [2.24, 2.45) is 11.8 Å². The van der Waals surface area contributed by atoms with Crippen LogP contribution in [0.2, 0.25) is 0 Å². The Balaban J connectivity index is 1.91. The highest BCUT2D eigenvalue weighted by Crippen LogP contribution is 2.31. The zero-order chi connectivity index (χ0) is 21.3. The number of furan rings is 1. The van der Waals surface area contributed by atoms with Gasteiger partial charge in [-0.3, -0.25) is 4.79 Å². The van der Waals surface area contributed by atoms with Crippen molar-refractivity contribution in [3.8, 4) is 0 Å². The molecule has 160 valence electrons. The monoisotopic (exact) mass is 420 g/mol. The van der Waals surface area contributed by atoms with E-state index in [-0.39, 0.29) is 22.6 Å². The summed E-state index contributed by atoms with van der Waals surface area (Å²) in [5, 5.41) is 3.80. The fraction of sp³-hybridized carbons (Fsp3) is 0.591. The number of aryl methyl sites for hydroxylation is 1. The number of hydrogen-bond donors (Lipinski definition) is 1. The van der Waals surface area contributed by atoms with Gasteiger partial charge in [0.05, 0.1) is 4.90 Å². The van der Waals surface area contributed by atoms with E-state index in [0.717, 1.165) is 12.8 Å². The standard InChI is InChI=1S/C22H32N2O4S/c1-6-24(7-2)29(26,27)17-11-12-20-18(13-17)16(5)21(28-20)22(25)23-19-10-8-9-14(3)15(19)4/h11-15,19H,6-10H2,1-5H3,(H,23,25)/t14-,15-,19+/m0/s1. The third kappa shape index (κ3) is 4.08. The van der Waals surface area contributed by atoms with E-state index in [1.54, 1.807) is 18.2 Å². The summed E-state index contributed by atoms with van der Waals surface area (Å²) in [4.78, 5) is 13.1. The maximum atomic E-state index is 12.9. The number of rotatable bonds is 6. The lowest BCUT2D eigenvalue weighted by Gasteiger charge is -2.34. The van der Waals surface area contributed by atoms with Gasteiger partial charge in [-0.15, -0.1) is 0 Å². The number of amides is 1. The Kier molecular flexibility index (Phi) is 6.39. The van der Waals surface area contributed by atoms with Crippen molar-refractivity contribution >= 4 is 26.9 Å². The van der Waals surface area contributed by atoms with Crippen LogP contribution in [0.15, 0.2) is 27.5 Å². The molecule has 1 aliphatic rings. The molecule has 7 heteroatoms. The Morgan fingerprint density at radius 1 is 1.21 bits per heavy atom. The summed E-state index contributed by atoms with van der Waals surface area (Å²) < 4.78 is 32.9. The van der Waals surface area contributed by atoms with Crippen molar-refractivity contribution in [1.82, 2.24) is 9.62 Å². The predicted octanol–water partition coefficient (Wildman–Crippen LogP) is 4.33. The van der Waals surface area contributed by atoms with Gasteiger partial charge in [-0.2, -0.15) is 4.31 Å². The van der Waals surface area contributed by atoms with Gasteiger partial charge >= 0.3 is 0 Å². The maximum absolute atomic E-state index is 12.9. The van der Waals surface area contributed by atoms with Crippen molar-refractivity contribution in [1.29, 1.82) is 0 Å². The summed E-state index contributed by atoms with van der Waals surface area (Å²) in [7, 11) is -3.57. The van der Waals surface area contributed by atoms with Gasteiger partial charge in [-0.1, -0.05) is 40.5 Å². The molecular formula is C22H32N2O4S. The third-order valence-corrected chi connectivity index (χ3v) is 8.53. The van der Waals surface area contributed by atoms with Gasteiger partial charge in [0.2, 0.25) is 10.0 Å². The molecule has 0 spiro atoms. The Hall–Kier alpha value is -1.86. The second-order valence-corrected chi connectivity index (χ2v) is 10.1. The molecule has 0 radical (unpaired) electrons. The number of hydrogen-bond acceptors (Lipinski definition) is 4. The number of sulfonamides is 1. The fourth-order valence-corrected chi connectivity index (χ4v) is 5.79. The summed E-state index contributed by atoms with van der Waals surface area (Å²) in [6.07, 6.45) is 3.28. The molecule has 2 aromatic rings. The molecule has 1 fully saturated rings. The average molecular weight is 421 g/mol. The van der Waals surface area contributed by atoms with Crippen molar-refractivity contribution in [3.63, 3.8) is 0 Å². The summed E-state index contributed by atoms with van der Waals surface area (Å²) in [6.45, 7) is 10.7. The van der Waals surface area contributed by atoms with Crippen LogP contribution < -0.4 is 5.32 Å². The third-order valence-electron chi connectivity index (χ3n) is 6.48. The van der Waals surface area contributed by atoms with Gasteiger partial charge in [0, 0.05) is 30.1 Å². The minimum absolute atomic E-state index is 0.137. The molecule has 29 heavy (non-hydrogen) atoms. The van der Waals surface area contributed by atoms with E-state index >= 15 is 0 Å². The minimum Gasteiger partial charge on any atom is -0.451 e. The summed E-state index contributed by atoms with van der Waals surface area (Å²) in [6, 6.07) is 4.94. The minimum atomic E-state index is -3.57. The van der Waals surface area contributed by atoms with Gasteiger partial charge in [0.25, 0.3) is 5.91 Å². The molecule has 1 aliphatic carbocycles. The van der Waals surface area contributed by atoms with E-state index in [1.165, 1.54) is 10.7 Å². The van der Waals surface area contributed by atoms with Crippen LogP contribution in [0.3, 0.4) is 0 Å². The lowest BCUT2D eigenvalue weighted by Crippen LogP contribution is -2.43. The number of carbonyl (C=O) groups is 1. The molecule has 0 bridgehead atoms. The van der Waals surface area contributed by atoms with Crippen molar-refractivity contribution in [2.75, 3.05) is 13.1 Å². The Bertz CT molecular complexity index is 992. The van der Waals surface area contributed by atoms with Crippen LogP contribution in [0, 0.1) is 18.8 Å². The SMILES string of the molecule is CCN(CC)S(=O)(=O)c1ccc2oc(C(=O)N[C@@H]3CCC[C@H](C)[C@@H]3C)c(C)c2c1. The number of nitrogens with one attached hydrogen (secondary N) is 1. The first-order valence-corrected chi connectivity index (χ1v) is 12.0. The number of fused-ring (bicyclic) bond motifs is 1. The van der Waals surface area contributed by atoms with Crippen molar-refractivity contribution in [2.45, 2.75) is 64.8 Å². The molecule has 0 unspecified atom stereocenters. The van der Waals surface area contributed by atoms with Gasteiger partial charge in [0.15, 0.2) is 5.76 Å². The number of nitrogens with zero attached hydrogens (tertiary/aromatic N) is 1. The Labute approximate surface area is 173 Å². The lowest BCUT2D eigenvalue weighted by atomic mass is 9.78. The molecule has 3 atom stereocenters. The van der Waals surface area contributed by atoms with Crippen LogP contribution in [-0.2, 0) is 10.0 Å². The van der Waals surface area contributed by atoms with E-state index in [2.05, 4.69) is 19.2 Å². The molecule has 1 aromatic carbocycles. The molecule has 1 saturated carbocycles. The molecule has 1 N–H and O–H groups in total. The highest BCUT2D eigenvalue weighted by atomic mass is 32.2. The highest BCUT2D eigenvalue weighted by molar-refractivity contribution is 7.89. The van der Waals surface area contributed by atoms with Gasteiger partial charge < -0.3 is 9.73 Å². The van der Waals surface area contributed by atoms with Gasteiger partial charge in [-0.05, 0) is 43.4 Å². The second-order valence-electron chi connectivity index (χ2n) is 8.15. The molecule has 0 saturated heterocycles. The second kappa shape index (κ2) is 8.48. The fourth-order valence-electron chi connectivity index (χ4n) is 4.31. The number of benzene rings is 1. The molecule has 1 amide bonds. The molecule has 3 rings (SSSR count). The zero-order valence-corrected chi connectivity index (χ0v) is 18.8. The van der Waals surface area contributed by atoms with E-state index in [0.29, 0.717) is 41.5 Å². The molecular weight excluding hydrogens is 388 g/mol. The Morgan fingerprint density at radius 2 is 1.90 bits per heavy atom. The Morgan fingerprint density at radius 3 is 2.55 bits per heavy atom. The first kappa shape index (κ1) is 21.8. The first-order valence-electron chi connectivity index (χ1n) is 10.5. The lowest BCUT2D eigenvalue weighted by molar-refractivity contribution is 0.0864. The predicted molar refractivity (Wildman–Crippen MR) is 114 cm³/mol. The topological polar surface area (TPSA) is 79.6 Å². The smallest absolute Gasteiger partial charge is 0.287 e. The summed E-state index contributed by atoms with van der Waals surface area (Å²) in [5.74, 6) is 1.04. The maximum Gasteiger partial charge on any atom is 0.287 e. The normalized spacial score (nSPS) is 22.9.